The number of nitrogens with zero attached hydrogens (tertiary/aromatic N) is 1. The highest BCUT2D eigenvalue weighted by molar-refractivity contribution is 9.10. The second-order valence-corrected chi connectivity index (χ2v) is 8.87. The quantitative estimate of drug-likeness (QED) is 0.553. The van der Waals surface area contributed by atoms with Gasteiger partial charge in [-0.1, -0.05) is 39.1 Å². The number of hydrogen-bond donors (Lipinski definition) is 2. The molecule has 0 aliphatic heterocycles. The highest BCUT2D eigenvalue weighted by atomic mass is 79.9. The summed E-state index contributed by atoms with van der Waals surface area (Å²) >= 11 is 15.0. The Hall–Kier alpha value is -1.72. The van der Waals surface area contributed by atoms with Gasteiger partial charge < -0.3 is 10.1 Å². The molecule has 2 aromatic rings. The van der Waals surface area contributed by atoms with Crippen LogP contribution in [0.25, 0.3) is 0 Å². The summed E-state index contributed by atoms with van der Waals surface area (Å²) in [6, 6.07) is 7.26. The lowest BCUT2D eigenvalue weighted by atomic mass is 10.3. The molecule has 12 heteroatoms. The van der Waals surface area contributed by atoms with E-state index in [0.29, 0.717) is 15.2 Å². The summed E-state index contributed by atoms with van der Waals surface area (Å²) in [4.78, 5) is 27.6. The maximum Gasteiger partial charge on any atom is 0.321 e. The standard InChI is InChI=1S/C16H14BrCl2N3O5S/c1-9-12(18)6-13(19)16(21-9)22-14(23)8-27-15(24)7-20-28(25,26)11-4-2-10(17)3-5-11/h2-6,20H,7-8H2,1H3,(H,21,22,23). The molecule has 0 saturated carbocycles. The van der Waals surface area contributed by atoms with Crippen LogP contribution in [-0.2, 0) is 24.3 Å². The monoisotopic (exact) mass is 509 g/mol. The zero-order valence-corrected chi connectivity index (χ0v) is 18.2. The van der Waals surface area contributed by atoms with E-state index in [9.17, 15) is 18.0 Å². The molecular formula is C16H14BrCl2N3O5S. The molecule has 150 valence electrons. The van der Waals surface area contributed by atoms with Gasteiger partial charge in [0.2, 0.25) is 10.0 Å². The predicted octanol–water partition coefficient (Wildman–Crippen LogP) is 2.92. The Kier molecular flexibility index (Phi) is 7.79. The highest BCUT2D eigenvalue weighted by Crippen LogP contribution is 2.25. The molecule has 8 nitrogen and oxygen atoms in total. The van der Waals surface area contributed by atoms with Crippen molar-refractivity contribution in [1.29, 1.82) is 0 Å². The number of hydrogen-bond acceptors (Lipinski definition) is 6. The molecule has 0 radical (unpaired) electrons. The van der Waals surface area contributed by atoms with Gasteiger partial charge in [0, 0.05) is 4.47 Å². The molecule has 0 saturated heterocycles. The number of sulfonamides is 1. The number of aromatic nitrogens is 1. The van der Waals surface area contributed by atoms with Gasteiger partial charge in [-0.2, -0.15) is 4.72 Å². The minimum absolute atomic E-state index is 0.0138. The van der Waals surface area contributed by atoms with Crippen LogP contribution in [0, 0.1) is 6.92 Å². The summed E-state index contributed by atoms with van der Waals surface area (Å²) in [6.45, 7) is 0.356. The second kappa shape index (κ2) is 9.66. The Morgan fingerprint density at radius 3 is 2.46 bits per heavy atom. The van der Waals surface area contributed by atoms with Gasteiger partial charge >= 0.3 is 5.97 Å². The zero-order chi connectivity index (χ0) is 20.9. The van der Waals surface area contributed by atoms with Crippen LogP contribution in [0.3, 0.4) is 0 Å². The van der Waals surface area contributed by atoms with Crippen LogP contribution in [0.2, 0.25) is 10.0 Å². The number of aryl methyl sites for hydroxylation is 1. The number of halogens is 3. The van der Waals surface area contributed by atoms with Crippen LogP contribution in [0.4, 0.5) is 5.82 Å². The van der Waals surface area contributed by atoms with Crippen molar-refractivity contribution < 1.29 is 22.7 Å². The molecule has 0 bridgehead atoms. The first-order valence-corrected chi connectivity index (χ1v) is 10.6. The Morgan fingerprint density at radius 2 is 1.82 bits per heavy atom. The third-order valence-corrected chi connectivity index (χ3v) is 5.87. The molecule has 28 heavy (non-hydrogen) atoms. The van der Waals surface area contributed by atoms with Crippen LogP contribution < -0.4 is 10.0 Å². The number of rotatable bonds is 7. The fourth-order valence-electron chi connectivity index (χ4n) is 1.86. The van der Waals surface area contributed by atoms with Crippen LogP contribution >= 0.6 is 39.1 Å². The normalized spacial score (nSPS) is 11.1. The molecule has 0 unspecified atom stereocenters. The molecule has 0 fully saturated rings. The van der Waals surface area contributed by atoms with Crippen molar-refractivity contribution in [2.75, 3.05) is 18.5 Å². The molecule has 2 N–H and O–H groups in total. The lowest BCUT2D eigenvalue weighted by molar-refractivity contribution is -0.146. The molecule has 1 amide bonds. The van der Waals surface area contributed by atoms with E-state index in [-0.39, 0.29) is 15.7 Å². The molecule has 1 heterocycles. The van der Waals surface area contributed by atoms with Crippen LogP contribution in [0.1, 0.15) is 5.69 Å². The first-order chi connectivity index (χ1) is 13.1. The number of anilines is 1. The number of esters is 1. The lowest BCUT2D eigenvalue weighted by Crippen LogP contribution is -2.32. The van der Waals surface area contributed by atoms with E-state index < -0.39 is 35.1 Å². The van der Waals surface area contributed by atoms with Crippen LogP contribution in [0.15, 0.2) is 39.7 Å². The zero-order valence-electron chi connectivity index (χ0n) is 14.3. The van der Waals surface area contributed by atoms with Gasteiger partial charge in [-0.25, -0.2) is 13.4 Å². The number of amides is 1. The van der Waals surface area contributed by atoms with Crippen molar-refractivity contribution >= 4 is 66.8 Å². The van der Waals surface area contributed by atoms with Gasteiger partial charge in [-0.15, -0.1) is 0 Å². The van der Waals surface area contributed by atoms with E-state index in [1.54, 1.807) is 19.1 Å². The van der Waals surface area contributed by atoms with E-state index in [4.69, 9.17) is 27.9 Å². The smallest absolute Gasteiger partial charge is 0.321 e. The summed E-state index contributed by atoms with van der Waals surface area (Å²) in [7, 11) is -3.89. The summed E-state index contributed by atoms with van der Waals surface area (Å²) in [5.74, 6) is -1.55. The minimum atomic E-state index is -3.89. The lowest BCUT2D eigenvalue weighted by Gasteiger charge is -2.09. The summed E-state index contributed by atoms with van der Waals surface area (Å²) < 4.78 is 31.7. The number of pyridine rings is 1. The van der Waals surface area contributed by atoms with E-state index in [0.717, 1.165) is 0 Å². The topological polar surface area (TPSA) is 114 Å². The molecule has 1 aromatic heterocycles. The number of carbonyl (C=O) groups excluding carboxylic acids is 2. The number of nitrogens with one attached hydrogen (secondary N) is 2. The molecule has 0 aliphatic carbocycles. The summed E-state index contributed by atoms with van der Waals surface area (Å²) in [6.07, 6.45) is 0. The molecule has 1 aromatic carbocycles. The minimum Gasteiger partial charge on any atom is -0.455 e. The largest absolute Gasteiger partial charge is 0.455 e. The number of ether oxygens (including phenoxy) is 1. The van der Waals surface area contributed by atoms with Gasteiger partial charge in [0.05, 0.1) is 20.6 Å². The Balaban J connectivity index is 1.84. The van der Waals surface area contributed by atoms with Crippen LogP contribution in [0.5, 0.6) is 0 Å². The molecule has 0 aliphatic rings. The van der Waals surface area contributed by atoms with E-state index >= 15 is 0 Å². The van der Waals surface area contributed by atoms with Crippen molar-refractivity contribution in [3.8, 4) is 0 Å². The summed E-state index contributed by atoms with van der Waals surface area (Å²) in [5.41, 5.74) is 0.459. The predicted molar refractivity (Wildman–Crippen MR) is 108 cm³/mol. The number of carbonyl (C=O) groups is 2. The fourth-order valence-corrected chi connectivity index (χ4v) is 3.50. The maximum absolute atomic E-state index is 12.1. The van der Waals surface area contributed by atoms with Gasteiger partial charge in [0.1, 0.15) is 6.54 Å². The van der Waals surface area contributed by atoms with E-state index in [1.807, 2.05) is 0 Å². The Morgan fingerprint density at radius 1 is 1.18 bits per heavy atom. The average molecular weight is 511 g/mol. The van der Waals surface area contributed by atoms with Gasteiger partial charge in [0.25, 0.3) is 5.91 Å². The maximum atomic E-state index is 12.1. The second-order valence-electron chi connectivity index (χ2n) is 5.37. The third-order valence-electron chi connectivity index (χ3n) is 3.26. The molecule has 0 spiro atoms. The Labute approximate surface area is 179 Å². The molecular weight excluding hydrogens is 497 g/mol. The first kappa shape index (κ1) is 22.6. The van der Waals surface area contributed by atoms with E-state index in [1.165, 1.54) is 18.2 Å². The van der Waals surface area contributed by atoms with E-state index in [2.05, 4.69) is 31.0 Å². The molecule has 2 rings (SSSR count). The number of benzene rings is 1. The van der Waals surface area contributed by atoms with Gasteiger partial charge in [-0.3, -0.25) is 9.59 Å². The van der Waals surface area contributed by atoms with Gasteiger partial charge in [0.15, 0.2) is 12.4 Å². The SMILES string of the molecule is Cc1nc(NC(=O)COC(=O)CNS(=O)(=O)c2ccc(Br)cc2)c(Cl)cc1Cl. The van der Waals surface area contributed by atoms with Gasteiger partial charge in [-0.05, 0) is 37.3 Å². The Bertz CT molecular complexity index is 1000. The average Bonchev–Trinajstić information content (AvgIpc) is 2.63. The first-order valence-electron chi connectivity index (χ1n) is 7.62. The fraction of sp³-hybridized carbons (Fsp3) is 0.188. The van der Waals surface area contributed by atoms with Crippen molar-refractivity contribution in [2.45, 2.75) is 11.8 Å². The summed E-state index contributed by atoms with van der Waals surface area (Å²) in [5, 5.41) is 2.84. The molecule has 0 atom stereocenters. The van der Waals surface area contributed by atoms with Crippen molar-refractivity contribution in [1.82, 2.24) is 9.71 Å². The third kappa shape index (κ3) is 6.42. The van der Waals surface area contributed by atoms with Crippen molar-refractivity contribution in [2.24, 2.45) is 0 Å². The van der Waals surface area contributed by atoms with Crippen molar-refractivity contribution in [3.05, 3.63) is 50.5 Å². The highest BCUT2D eigenvalue weighted by Gasteiger charge is 2.17. The van der Waals surface area contributed by atoms with Crippen LogP contribution in [-0.4, -0.2) is 38.4 Å². The van der Waals surface area contributed by atoms with Crippen molar-refractivity contribution in [3.63, 3.8) is 0 Å².